The molecule has 0 bridgehead atoms. The Bertz CT molecular complexity index is 611. The molecule has 0 saturated carbocycles. The van der Waals surface area contributed by atoms with Crippen molar-refractivity contribution in [2.45, 2.75) is 26.8 Å². The molecule has 21 heavy (non-hydrogen) atoms. The third kappa shape index (κ3) is 4.56. The average Bonchev–Trinajstić information content (AvgIpc) is 2.44. The molecule has 0 saturated heterocycles. The van der Waals surface area contributed by atoms with E-state index < -0.39 is 5.97 Å². The first-order valence-corrected chi connectivity index (χ1v) is 6.86. The van der Waals surface area contributed by atoms with Gasteiger partial charge in [0.25, 0.3) is 0 Å². The topological polar surface area (TPSA) is 66.3 Å². The van der Waals surface area contributed by atoms with Crippen LogP contribution in [0.5, 0.6) is 0 Å². The summed E-state index contributed by atoms with van der Waals surface area (Å²) >= 11 is 0. The van der Waals surface area contributed by atoms with Crippen LogP contribution >= 0.6 is 0 Å². The van der Waals surface area contributed by atoms with Crippen LogP contribution in [-0.4, -0.2) is 27.6 Å². The van der Waals surface area contributed by atoms with Gasteiger partial charge in [-0.3, -0.25) is 4.79 Å². The van der Waals surface area contributed by atoms with Crippen molar-refractivity contribution >= 4 is 11.7 Å². The number of aliphatic carboxylic acids is 1. The molecule has 0 fully saturated rings. The molecule has 0 atom stereocenters. The van der Waals surface area contributed by atoms with Crippen molar-refractivity contribution in [1.29, 1.82) is 0 Å². The van der Waals surface area contributed by atoms with Crippen molar-refractivity contribution in [1.82, 2.24) is 9.97 Å². The van der Waals surface area contributed by atoms with Gasteiger partial charge in [0.15, 0.2) is 0 Å². The monoisotopic (exact) mass is 285 g/mol. The summed E-state index contributed by atoms with van der Waals surface area (Å²) in [7, 11) is 0. The minimum absolute atomic E-state index is 0.0952. The van der Waals surface area contributed by atoms with Crippen LogP contribution in [0.15, 0.2) is 36.5 Å². The Morgan fingerprint density at radius 3 is 2.52 bits per heavy atom. The van der Waals surface area contributed by atoms with Crippen molar-refractivity contribution in [2.75, 3.05) is 11.4 Å². The Morgan fingerprint density at radius 1 is 1.19 bits per heavy atom. The largest absolute Gasteiger partial charge is 0.481 e. The summed E-state index contributed by atoms with van der Waals surface area (Å²) in [6.45, 7) is 4.89. The molecule has 0 aliphatic heterocycles. The molecule has 2 aromatic rings. The number of carboxylic acids is 1. The number of benzene rings is 1. The first-order valence-electron chi connectivity index (χ1n) is 6.86. The van der Waals surface area contributed by atoms with Gasteiger partial charge in [-0.2, -0.15) is 0 Å². The van der Waals surface area contributed by atoms with E-state index in [0.29, 0.717) is 13.1 Å². The molecular formula is C16H19N3O2. The summed E-state index contributed by atoms with van der Waals surface area (Å²) in [6.07, 6.45) is 1.82. The lowest BCUT2D eigenvalue weighted by atomic mass is 10.2. The van der Waals surface area contributed by atoms with E-state index in [2.05, 4.69) is 9.97 Å². The number of aryl methyl sites for hydroxylation is 2. The number of hydrogen-bond donors (Lipinski definition) is 1. The molecule has 1 aromatic carbocycles. The van der Waals surface area contributed by atoms with Crippen LogP contribution in [0.1, 0.15) is 23.5 Å². The summed E-state index contributed by atoms with van der Waals surface area (Å²) in [6, 6.07) is 9.91. The highest BCUT2D eigenvalue weighted by Gasteiger charge is 2.10. The fraction of sp³-hybridized carbons (Fsp3) is 0.312. The quantitative estimate of drug-likeness (QED) is 0.883. The molecule has 5 nitrogen and oxygen atoms in total. The third-order valence-corrected chi connectivity index (χ3v) is 3.18. The number of anilines is 1. The van der Waals surface area contributed by atoms with E-state index in [1.807, 2.05) is 49.1 Å². The van der Waals surface area contributed by atoms with Gasteiger partial charge < -0.3 is 10.0 Å². The summed E-state index contributed by atoms with van der Waals surface area (Å²) in [4.78, 5) is 21.3. The zero-order valence-electron chi connectivity index (χ0n) is 12.3. The maximum absolute atomic E-state index is 10.8. The van der Waals surface area contributed by atoms with Crippen LogP contribution in [0.4, 0.5) is 5.69 Å². The van der Waals surface area contributed by atoms with Crippen LogP contribution in [0, 0.1) is 13.8 Å². The second-order valence-corrected chi connectivity index (χ2v) is 5.00. The predicted molar refractivity (Wildman–Crippen MR) is 81.3 cm³/mol. The van der Waals surface area contributed by atoms with Gasteiger partial charge in [-0.15, -0.1) is 0 Å². The molecule has 0 unspecified atom stereocenters. The second-order valence-electron chi connectivity index (χ2n) is 5.00. The van der Waals surface area contributed by atoms with Gasteiger partial charge in [0.1, 0.15) is 5.82 Å². The third-order valence-electron chi connectivity index (χ3n) is 3.18. The van der Waals surface area contributed by atoms with Crippen molar-refractivity contribution in [3.8, 4) is 0 Å². The first-order chi connectivity index (χ1) is 10.0. The highest BCUT2D eigenvalue weighted by atomic mass is 16.4. The van der Waals surface area contributed by atoms with Crippen LogP contribution in [0.3, 0.4) is 0 Å². The predicted octanol–water partition coefficient (Wildman–Crippen LogP) is 2.57. The van der Waals surface area contributed by atoms with Crippen LogP contribution in [0.25, 0.3) is 0 Å². The van der Waals surface area contributed by atoms with Gasteiger partial charge in [0.2, 0.25) is 0 Å². The number of hydrogen-bond acceptors (Lipinski definition) is 4. The number of carboxylic acid groups (broad SMARTS) is 1. The van der Waals surface area contributed by atoms with Crippen LogP contribution < -0.4 is 4.90 Å². The normalized spacial score (nSPS) is 10.4. The van der Waals surface area contributed by atoms with Crippen molar-refractivity contribution in [3.05, 3.63) is 53.6 Å². The van der Waals surface area contributed by atoms with E-state index in [9.17, 15) is 4.79 Å². The van der Waals surface area contributed by atoms with Crippen molar-refractivity contribution in [2.24, 2.45) is 0 Å². The smallest absolute Gasteiger partial charge is 0.305 e. The number of nitrogens with zero attached hydrogens (tertiary/aromatic N) is 3. The van der Waals surface area contributed by atoms with Crippen molar-refractivity contribution in [3.63, 3.8) is 0 Å². The van der Waals surface area contributed by atoms with E-state index in [0.717, 1.165) is 17.2 Å². The van der Waals surface area contributed by atoms with Crippen LogP contribution in [0.2, 0.25) is 0 Å². The minimum Gasteiger partial charge on any atom is -0.481 e. The number of rotatable bonds is 6. The van der Waals surface area contributed by atoms with Gasteiger partial charge in [0, 0.05) is 18.4 Å². The van der Waals surface area contributed by atoms with Gasteiger partial charge in [-0.05, 0) is 32.0 Å². The van der Waals surface area contributed by atoms with Crippen molar-refractivity contribution < 1.29 is 9.90 Å². The molecular weight excluding hydrogens is 266 g/mol. The van der Waals surface area contributed by atoms with E-state index in [1.54, 1.807) is 6.20 Å². The standard InChI is InChI=1S/C16H19N3O2/c1-12-3-5-15(6-4-12)19(10-8-16(20)21)11-14-7-9-17-13(2)18-14/h3-7,9H,8,10-11H2,1-2H3,(H,20,21). The minimum atomic E-state index is -0.800. The molecule has 0 aliphatic rings. The summed E-state index contributed by atoms with van der Waals surface area (Å²) in [5.41, 5.74) is 3.06. The van der Waals surface area contributed by atoms with E-state index >= 15 is 0 Å². The molecule has 5 heteroatoms. The van der Waals surface area contributed by atoms with E-state index in [1.165, 1.54) is 5.56 Å². The molecule has 1 N–H and O–H groups in total. The van der Waals surface area contributed by atoms with Crippen LogP contribution in [-0.2, 0) is 11.3 Å². The fourth-order valence-corrected chi connectivity index (χ4v) is 2.07. The molecule has 0 amide bonds. The Balaban J connectivity index is 2.19. The lowest BCUT2D eigenvalue weighted by Crippen LogP contribution is -2.26. The maximum Gasteiger partial charge on any atom is 0.305 e. The molecule has 0 radical (unpaired) electrons. The second kappa shape index (κ2) is 6.83. The summed E-state index contributed by atoms with van der Waals surface area (Å²) in [5, 5.41) is 8.91. The van der Waals surface area contributed by atoms with Gasteiger partial charge >= 0.3 is 5.97 Å². The SMILES string of the molecule is Cc1ccc(N(CCC(=O)O)Cc2ccnc(C)n2)cc1. The average molecular weight is 285 g/mol. The molecule has 1 aromatic heterocycles. The zero-order chi connectivity index (χ0) is 15.2. The van der Waals surface area contributed by atoms with E-state index in [4.69, 9.17) is 5.11 Å². The lowest BCUT2D eigenvalue weighted by Gasteiger charge is -2.24. The Kier molecular flexibility index (Phi) is 4.87. The Labute approximate surface area is 124 Å². The number of aromatic nitrogens is 2. The lowest BCUT2D eigenvalue weighted by molar-refractivity contribution is -0.136. The highest BCUT2D eigenvalue weighted by Crippen LogP contribution is 2.18. The fourth-order valence-electron chi connectivity index (χ4n) is 2.07. The Hall–Kier alpha value is -2.43. The summed E-state index contributed by atoms with van der Waals surface area (Å²) in [5.74, 6) is -0.0828. The molecule has 2 rings (SSSR count). The molecule has 1 heterocycles. The first kappa shape index (κ1) is 15.0. The molecule has 0 aliphatic carbocycles. The molecule has 110 valence electrons. The summed E-state index contributed by atoms with van der Waals surface area (Å²) < 4.78 is 0. The van der Waals surface area contributed by atoms with Gasteiger partial charge in [-0.25, -0.2) is 9.97 Å². The Morgan fingerprint density at radius 2 is 1.90 bits per heavy atom. The molecule has 0 spiro atoms. The highest BCUT2D eigenvalue weighted by molar-refractivity contribution is 5.67. The number of carbonyl (C=O) groups is 1. The van der Waals surface area contributed by atoms with Gasteiger partial charge in [0.05, 0.1) is 18.7 Å². The zero-order valence-corrected chi connectivity index (χ0v) is 12.3. The van der Waals surface area contributed by atoms with E-state index in [-0.39, 0.29) is 6.42 Å². The maximum atomic E-state index is 10.8. The van der Waals surface area contributed by atoms with Gasteiger partial charge in [-0.1, -0.05) is 17.7 Å².